The maximum atomic E-state index is 5.42. The molecule has 0 radical (unpaired) electrons. The lowest BCUT2D eigenvalue weighted by Gasteiger charge is -2.22. The molecule has 0 bridgehead atoms. The van der Waals surface area contributed by atoms with Crippen molar-refractivity contribution in [3.8, 4) is 0 Å². The third-order valence-corrected chi connectivity index (χ3v) is 4.27. The lowest BCUT2D eigenvalue weighted by molar-refractivity contribution is 0.238. The molecule has 1 aliphatic rings. The van der Waals surface area contributed by atoms with Gasteiger partial charge in [0.05, 0.1) is 12.2 Å². The quantitative estimate of drug-likeness (QED) is 0.842. The van der Waals surface area contributed by atoms with Crippen molar-refractivity contribution in [1.82, 2.24) is 25.0 Å². The van der Waals surface area contributed by atoms with Crippen molar-refractivity contribution >= 4 is 0 Å². The Kier molecular flexibility index (Phi) is 4.24. The van der Waals surface area contributed by atoms with Crippen LogP contribution >= 0.6 is 0 Å². The minimum atomic E-state index is 0.182. The zero-order valence-corrected chi connectivity index (χ0v) is 12.6. The van der Waals surface area contributed by atoms with Gasteiger partial charge in [-0.05, 0) is 32.9 Å². The van der Waals surface area contributed by atoms with Gasteiger partial charge in [0.15, 0.2) is 5.82 Å². The Labute approximate surface area is 124 Å². The summed E-state index contributed by atoms with van der Waals surface area (Å²) in [5.41, 5.74) is 0.993. The molecule has 3 rings (SSSR count). The largest absolute Gasteiger partial charge is 0.339 e. The van der Waals surface area contributed by atoms with Crippen molar-refractivity contribution in [1.29, 1.82) is 0 Å². The summed E-state index contributed by atoms with van der Waals surface area (Å²) in [6.45, 7) is 2.77. The van der Waals surface area contributed by atoms with Crippen LogP contribution in [0.1, 0.15) is 62.0 Å². The van der Waals surface area contributed by atoms with E-state index in [0.29, 0.717) is 12.5 Å². The minimum Gasteiger partial charge on any atom is -0.339 e. The summed E-state index contributed by atoms with van der Waals surface area (Å²) in [5, 5.41) is 4.12. The Hall–Kier alpha value is -1.82. The van der Waals surface area contributed by atoms with Gasteiger partial charge in [0.25, 0.3) is 0 Å². The molecule has 0 N–H and O–H groups in total. The molecule has 112 valence electrons. The molecule has 1 fully saturated rings. The van der Waals surface area contributed by atoms with Gasteiger partial charge in [0.1, 0.15) is 6.33 Å². The highest BCUT2D eigenvalue weighted by atomic mass is 16.5. The van der Waals surface area contributed by atoms with E-state index in [1.54, 1.807) is 12.5 Å². The third kappa shape index (κ3) is 3.26. The molecular formula is C15H21N5O. The Morgan fingerprint density at radius 1 is 1.38 bits per heavy atom. The maximum Gasteiger partial charge on any atom is 0.229 e. The van der Waals surface area contributed by atoms with Crippen molar-refractivity contribution in [2.45, 2.75) is 51.1 Å². The summed E-state index contributed by atoms with van der Waals surface area (Å²) < 4.78 is 5.42. The second-order valence-electron chi connectivity index (χ2n) is 5.76. The molecule has 0 aliphatic heterocycles. The van der Waals surface area contributed by atoms with E-state index in [4.69, 9.17) is 4.52 Å². The predicted molar refractivity (Wildman–Crippen MR) is 77.4 cm³/mol. The molecule has 0 saturated heterocycles. The van der Waals surface area contributed by atoms with Gasteiger partial charge in [-0.2, -0.15) is 4.98 Å². The van der Waals surface area contributed by atoms with Gasteiger partial charge < -0.3 is 4.52 Å². The van der Waals surface area contributed by atoms with Crippen LogP contribution in [0.5, 0.6) is 0 Å². The van der Waals surface area contributed by atoms with E-state index in [1.165, 1.54) is 25.7 Å². The van der Waals surface area contributed by atoms with Gasteiger partial charge >= 0.3 is 0 Å². The summed E-state index contributed by atoms with van der Waals surface area (Å²) in [6, 6.07) is 2.11. The zero-order valence-electron chi connectivity index (χ0n) is 12.6. The van der Waals surface area contributed by atoms with Gasteiger partial charge in [0, 0.05) is 18.2 Å². The van der Waals surface area contributed by atoms with Gasteiger partial charge in [-0.3, -0.25) is 4.90 Å². The zero-order chi connectivity index (χ0) is 14.7. The van der Waals surface area contributed by atoms with E-state index < -0.39 is 0 Å². The first kappa shape index (κ1) is 14.1. The Bertz CT molecular complexity index is 564. The van der Waals surface area contributed by atoms with Crippen LogP contribution in [0.15, 0.2) is 23.1 Å². The molecule has 0 aromatic carbocycles. The predicted octanol–water partition coefficient (Wildman–Crippen LogP) is 2.71. The van der Waals surface area contributed by atoms with Crippen LogP contribution in [0.2, 0.25) is 0 Å². The number of nitrogens with zero attached hydrogens (tertiary/aromatic N) is 5. The van der Waals surface area contributed by atoms with E-state index in [9.17, 15) is 0 Å². The average molecular weight is 287 g/mol. The molecule has 21 heavy (non-hydrogen) atoms. The van der Waals surface area contributed by atoms with Crippen LogP contribution in [-0.4, -0.2) is 32.1 Å². The van der Waals surface area contributed by atoms with Crippen LogP contribution in [0.3, 0.4) is 0 Å². The minimum absolute atomic E-state index is 0.182. The van der Waals surface area contributed by atoms with Crippen molar-refractivity contribution < 1.29 is 4.52 Å². The van der Waals surface area contributed by atoms with Crippen LogP contribution in [0, 0.1) is 0 Å². The fraction of sp³-hybridized carbons (Fsp3) is 0.600. The normalized spacial score (nSPS) is 17.5. The topological polar surface area (TPSA) is 67.9 Å². The molecular weight excluding hydrogens is 266 g/mol. The summed E-state index contributed by atoms with van der Waals surface area (Å²) in [4.78, 5) is 15.0. The smallest absolute Gasteiger partial charge is 0.229 e. The third-order valence-electron chi connectivity index (χ3n) is 4.27. The van der Waals surface area contributed by atoms with Crippen LogP contribution in [0.4, 0.5) is 0 Å². The lowest BCUT2D eigenvalue weighted by atomic mass is 10.1. The van der Waals surface area contributed by atoms with Crippen molar-refractivity contribution in [2.24, 2.45) is 0 Å². The molecule has 2 aromatic rings. The number of rotatable bonds is 5. The molecule has 0 amide bonds. The highest BCUT2D eigenvalue weighted by Gasteiger charge is 2.23. The van der Waals surface area contributed by atoms with Crippen LogP contribution < -0.4 is 0 Å². The highest BCUT2D eigenvalue weighted by molar-refractivity contribution is 5.04. The lowest BCUT2D eigenvalue weighted by Crippen LogP contribution is -2.23. The van der Waals surface area contributed by atoms with E-state index in [2.05, 4.69) is 31.9 Å². The second kappa shape index (κ2) is 6.30. The SMILES string of the molecule is C[C@H](c1ccncn1)N(C)Cc1noc(C2CCCC2)n1. The Balaban J connectivity index is 1.63. The van der Waals surface area contributed by atoms with E-state index >= 15 is 0 Å². The molecule has 2 aromatic heterocycles. The maximum absolute atomic E-state index is 5.42. The molecule has 6 nitrogen and oxygen atoms in total. The Morgan fingerprint density at radius 3 is 2.90 bits per heavy atom. The van der Waals surface area contributed by atoms with Gasteiger partial charge in [-0.25, -0.2) is 9.97 Å². The second-order valence-corrected chi connectivity index (χ2v) is 5.76. The first-order valence-electron chi connectivity index (χ1n) is 7.52. The standard InChI is InChI=1S/C15H21N5O/c1-11(13-7-8-16-10-17-13)20(2)9-14-18-15(21-19-14)12-5-3-4-6-12/h7-8,10-12H,3-6,9H2,1-2H3/t11-/m1/s1. The van der Waals surface area contributed by atoms with E-state index in [-0.39, 0.29) is 6.04 Å². The molecule has 1 atom stereocenters. The summed E-state index contributed by atoms with van der Waals surface area (Å²) in [5.74, 6) is 2.03. The molecule has 1 saturated carbocycles. The first-order valence-corrected chi connectivity index (χ1v) is 7.52. The van der Waals surface area contributed by atoms with Crippen LogP contribution in [0.25, 0.3) is 0 Å². The van der Waals surface area contributed by atoms with Crippen molar-refractivity contribution in [3.05, 3.63) is 36.0 Å². The molecule has 2 heterocycles. The van der Waals surface area contributed by atoms with Gasteiger partial charge in [0.2, 0.25) is 5.89 Å². The van der Waals surface area contributed by atoms with Gasteiger partial charge in [-0.1, -0.05) is 18.0 Å². The Morgan fingerprint density at radius 2 is 2.19 bits per heavy atom. The molecule has 0 spiro atoms. The molecule has 1 aliphatic carbocycles. The van der Waals surface area contributed by atoms with E-state index in [0.717, 1.165) is 17.4 Å². The number of hydrogen-bond donors (Lipinski definition) is 0. The first-order chi connectivity index (χ1) is 10.2. The summed E-state index contributed by atoms with van der Waals surface area (Å²) in [7, 11) is 2.04. The summed E-state index contributed by atoms with van der Waals surface area (Å²) >= 11 is 0. The number of hydrogen-bond acceptors (Lipinski definition) is 6. The highest BCUT2D eigenvalue weighted by Crippen LogP contribution is 2.33. The fourth-order valence-corrected chi connectivity index (χ4v) is 2.80. The van der Waals surface area contributed by atoms with Gasteiger partial charge in [-0.15, -0.1) is 0 Å². The fourth-order valence-electron chi connectivity index (χ4n) is 2.80. The van der Waals surface area contributed by atoms with E-state index in [1.807, 2.05) is 13.1 Å². The molecule has 6 heteroatoms. The van der Waals surface area contributed by atoms with Crippen molar-refractivity contribution in [2.75, 3.05) is 7.05 Å². The average Bonchev–Trinajstić information content (AvgIpc) is 3.18. The van der Waals surface area contributed by atoms with Crippen molar-refractivity contribution in [3.63, 3.8) is 0 Å². The van der Waals surface area contributed by atoms with Crippen LogP contribution in [-0.2, 0) is 6.54 Å². The molecule has 0 unspecified atom stereocenters. The summed E-state index contributed by atoms with van der Waals surface area (Å²) in [6.07, 6.45) is 8.23. The monoisotopic (exact) mass is 287 g/mol. The number of aromatic nitrogens is 4.